The largest absolute Gasteiger partial charge is 0.378 e. The number of urea groups is 1. The molecule has 2 heterocycles. The van der Waals surface area contributed by atoms with Crippen LogP contribution in [0.5, 0.6) is 0 Å². The fraction of sp³-hybridized carbons (Fsp3) is 0.529. The second-order valence-electron chi connectivity index (χ2n) is 5.96. The number of nitrogens with zero attached hydrogens (tertiary/aromatic N) is 2. The van der Waals surface area contributed by atoms with Crippen LogP contribution in [-0.4, -0.2) is 72.6 Å². The smallest absolute Gasteiger partial charge is 0.322 e. The van der Waals surface area contributed by atoms with E-state index in [0.717, 1.165) is 35.8 Å². The molecular weight excluding hydrogens is 326 g/mol. The van der Waals surface area contributed by atoms with Crippen molar-refractivity contribution in [1.29, 1.82) is 0 Å². The topological polar surface area (TPSA) is 61.9 Å². The van der Waals surface area contributed by atoms with Crippen molar-refractivity contribution in [2.24, 2.45) is 0 Å². The average Bonchev–Trinajstić information content (AvgIpc) is 2.64. The fourth-order valence-corrected chi connectivity index (χ4v) is 3.75. The van der Waals surface area contributed by atoms with Crippen LogP contribution in [0.3, 0.4) is 0 Å². The Morgan fingerprint density at radius 2 is 1.79 bits per heavy atom. The maximum absolute atomic E-state index is 12.5. The van der Waals surface area contributed by atoms with Gasteiger partial charge >= 0.3 is 6.03 Å². The van der Waals surface area contributed by atoms with E-state index in [9.17, 15) is 9.59 Å². The van der Waals surface area contributed by atoms with Gasteiger partial charge in [0.2, 0.25) is 0 Å². The van der Waals surface area contributed by atoms with Crippen LogP contribution in [0.2, 0.25) is 0 Å². The minimum atomic E-state index is -0.117. The first kappa shape index (κ1) is 17.1. The number of hydrogen-bond donors (Lipinski definition) is 1. The number of anilines is 1. The zero-order valence-corrected chi connectivity index (χ0v) is 14.7. The van der Waals surface area contributed by atoms with Crippen molar-refractivity contribution in [1.82, 2.24) is 9.80 Å². The summed E-state index contributed by atoms with van der Waals surface area (Å²) in [6.45, 7) is 5.89. The Kier molecular flexibility index (Phi) is 5.63. The van der Waals surface area contributed by atoms with Crippen molar-refractivity contribution >= 4 is 29.4 Å². The molecule has 2 saturated heterocycles. The van der Waals surface area contributed by atoms with E-state index in [-0.39, 0.29) is 11.9 Å². The molecule has 2 aliphatic rings. The van der Waals surface area contributed by atoms with E-state index in [4.69, 9.17) is 4.74 Å². The van der Waals surface area contributed by atoms with Crippen LogP contribution < -0.4 is 5.32 Å². The molecule has 130 valence electrons. The first-order chi connectivity index (χ1) is 11.6. The lowest BCUT2D eigenvalue weighted by atomic mass is 10.1. The van der Waals surface area contributed by atoms with E-state index in [0.29, 0.717) is 31.9 Å². The van der Waals surface area contributed by atoms with Gasteiger partial charge in [0.15, 0.2) is 0 Å². The van der Waals surface area contributed by atoms with Crippen LogP contribution in [0, 0.1) is 6.92 Å². The number of aryl methyl sites for hydroxylation is 1. The van der Waals surface area contributed by atoms with Gasteiger partial charge in [-0.3, -0.25) is 4.79 Å². The van der Waals surface area contributed by atoms with Gasteiger partial charge in [0.05, 0.1) is 13.2 Å². The second kappa shape index (κ2) is 7.90. The van der Waals surface area contributed by atoms with Gasteiger partial charge in [-0.05, 0) is 30.7 Å². The molecule has 0 unspecified atom stereocenters. The van der Waals surface area contributed by atoms with Gasteiger partial charge in [-0.2, -0.15) is 11.8 Å². The third-order valence-electron chi connectivity index (χ3n) is 4.31. The highest BCUT2D eigenvalue weighted by atomic mass is 32.2. The molecule has 0 aliphatic carbocycles. The summed E-state index contributed by atoms with van der Waals surface area (Å²) in [5.41, 5.74) is 2.33. The van der Waals surface area contributed by atoms with Gasteiger partial charge < -0.3 is 19.9 Å². The molecule has 0 bridgehead atoms. The van der Waals surface area contributed by atoms with Gasteiger partial charge in [0, 0.05) is 48.9 Å². The van der Waals surface area contributed by atoms with E-state index in [1.807, 2.05) is 35.7 Å². The van der Waals surface area contributed by atoms with Gasteiger partial charge in [-0.15, -0.1) is 0 Å². The number of benzene rings is 1. The zero-order chi connectivity index (χ0) is 16.9. The number of ether oxygens (including phenoxy) is 1. The van der Waals surface area contributed by atoms with Crippen molar-refractivity contribution in [2.75, 3.05) is 56.2 Å². The molecule has 24 heavy (non-hydrogen) atoms. The molecule has 0 aromatic heterocycles. The fourth-order valence-electron chi connectivity index (χ4n) is 2.85. The van der Waals surface area contributed by atoms with Crippen molar-refractivity contribution in [2.45, 2.75) is 6.92 Å². The molecule has 3 rings (SSSR count). The molecule has 1 aromatic rings. The average molecular weight is 349 g/mol. The molecule has 3 amide bonds. The SMILES string of the molecule is Cc1cc(C(=O)N2CCSCC2)ccc1NC(=O)N1CCOCC1. The molecule has 0 radical (unpaired) electrons. The van der Waals surface area contributed by atoms with E-state index < -0.39 is 0 Å². The molecule has 1 aromatic carbocycles. The first-order valence-corrected chi connectivity index (χ1v) is 9.42. The third-order valence-corrected chi connectivity index (χ3v) is 5.25. The van der Waals surface area contributed by atoms with Gasteiger partial charge in [-0.25, -0.2) is 4.79 Å². The Balaban J connectivity index is 1.65. The zero-order valence-electron chi connectivity index (χ0n) is 13.9. The lowest BCUT2D eigenvalue weighted by Crippen LogP contribution is -2.43. The van der Waals surface area contributed by atoms with Crippen molar-refractivity contribution in [3.63, 3.8) is 0 Å². The molecule has 7 heteroatoms. The molecule has 0 atom stereocenters. The number of rotatable bonds is 2. The van der Waals surface area contributed by atoms with E-state index >= 15 is 0 Å². The van der Waals surface area contributed by atoms with E-state index in [1.165, 1.54) is 0 Å². The van der Waals surface area contributed by atoms with Crippen molar-refractivity contribution in [3.05, 3.63) is 29.3 Å². The molecule has 2 fully saturated rings. The highest BCUT2D eigenvalue weighted by Crippen LogP contribution is 2.20. The Labute approximate surface area is 146 Å². The van der Waals surface area contributed by atoms with Gasteiger partial charge in [-0.1, -0.05) is 0 Å². The standard InChI is InChI=1S/C17H23N3O3S/c1-13-12-14(16(21)19-6-10-24-11-7-19)2-3-15(13)18-17(22)20-4-8-23-9-5-20/h2-3,12H,4-11H2,1H3,(H,18,22). The van der Waals surface area contributed by atoms with Crippen LogP contribution >= 0.6 is 11.8 Å². The molecule has 2 aliphatic heterocycles. The number of thioether (sulfide) groups is 1. The summed E-state index contributed by atoms with van der Waals surface area (Å²) < 4.78 is 5.26. The molecule has 0 spiro atoms. The number of hydrogen-bond acceptors (Lipinski definition) is 4. The summed E-state index contributed by atoms with van der Waals surface area (Å²) in [5.74, 6) is 2.07. The molecular formula is C17H23N3O3S. The molecule has 1 N–H and O–H groups in total. The minimum absolute atomic E-state index is 0.0736. The van der Waals surface area contributed by atoms with Crippen LogP contribution in [0.1, 0.15) is 15.9 Å². The lowest BCUT2D eigenvalue weighted by Gasteiger charge is -2.28. The minimum Gasteiger partial charge on any atom is -0.378 e. The quantitative estimate of drug-likeness (QED) is 0.888. The monoisotopic (exact) mass is 349 g/mol. The van der Waals surface area contributed by atoms with Crippen molar-refractivity contribution in [3.8, 4) is 0 Å². The lowest BCUT2D eigenvalue weighted by molar-refractivity contribution is 0.0564. The predicted octanol–water partition coefficient (Wildman–Crippen LogP) is 2.05. The van der Waals surface area contributed by atoms with Crippen LogP contribution in [0.15, 0.2) is 18.2 Å². The van der Waals surface area contributed by atoms with Crippen LogP contribution in [-0.2, 0) is 4.74 Å². The summed E-state index contributed by atoms with van der Waals surface area (Å²) in [6.07, 6.45) is 0. The van der Waals surface area contributed by atoms with Crippen LogP contribution in [0.4, 0.5) is 10.5 Å². The maximum Gasteiger partial charge on any atom is 0.322 e. The first-order valence-electron chi connectivity index (χ1n) is 8.26. The Morgan fingerprint density at radius 3 is 2.46 bits per heavy atom. The third kappa shape index (κ3) is 4.02. The summed E-state index contributed by atoms with van der Waals surface area (Å²) in [6, 6.07) is 5.36. The normalized spacial score (nSPS) is 18.4. The maximum atomic E-state index is 12.5. The highest BCUT2D eigenvalue weighted by Gasteiger charge is 2.20. The number of nitrogens with one attached hydrogen (secondary N) is 1. The van der Waals surface area contributed by atoms with E-state index in [2.05, 4.69) is 5.32 Å². The van der Waals surface area contributed by atoms with Gasteiger partial charge in [0.1, 0.15) is 0 Å². The van der Waals surface area contributed by atoms with Gasteiger partial charge in [0.25, 0.3) is 5.91 Å². The summed E-state index contributed by atoms with van der Waals surface area (Å²) >= 11 is 1.88. The Bertz CT molecular complexity index is 611. The number of carbonyl (C=O) groups is 2. The summed E-state index contributed by atoms with van der Waals surface area (Å²) in [7, 11) is 0. The summed E-state index contributed by atoms with van der Waals surface area (Å²) in [4.78, 5) is 28.5. The summed E-state index contributed by atoms with van der Waals surface area (Å²) in [5, 5.41) is 2.93. The molecule has 6 nitrogen and oxygen atoms in total. The van der Waals surface area contributed by atoms with Crippen LogP contribution in [0.25, 0.3) is 0 Å². The number of amides is 3. The molecule has 0 saturated carbocycles. The predicted molar refractivity (Wildman–Crippen MR) is 95.8 cm³/mol. The number of carbonyl (C=O) groups excluding carboxylic acids is 2. The Morgan fingerprint density at radius 1 is 1.08 bits per heavy atom. The van der Waals surface area contributed by atoms with Crippen molar-refractivity contribution < 1.29 is 14.3 Å². The van der Waals surface area contributed by atoms with E-state index in [1.54, 1.807) is 11.0 Å². The highest BCUT2D eigenvalue weighted by molar-refractivity contribution is 7.99. The second-order valence-corrected chi connectivity index (χ2v) is 7.19. The Hall–Kier alpha value is -1.73. The number of morpholine rings is 1.